The van der Waals surface area contributed by atoms with Crippen LogP contribution in [0.3, 0.4) is 0 Å². The highest BCUT2D eigenvalue weighted by Crippen LogP contribution is 2.42. The lowest BCUT2D eigenvalue weighted by molar-refractivity contribution is -0.156. The van der Waals surface area contributed by atoms with Gasteiger partial charge in [-0.3, -0.25) is 9.78 Å². The molecule has 0 aromatic carbocycles. The van der Waals surface area contributed by atoms with E-state index in [1.807, 2.05) is 18.3 Å². The van der Waals surface area contributed by atoms with E-state index in [0.29, 0.717) is 25.8 Å². The summed E-state index contributed by atoms with van der Waals surface area (Å²) in [6.45, 7) is 0.359. The number of aliphatic carboxylic acids is 1. The summed E-state index contributed by atoms with van der Waals surface area (Å²) in [5.41, 5.74) is 0.432. The summed E-state index contributed by atoms with van der Waals surface area (Å²) >= 11 is 0. The van der Waals surface area contributed by atoms with Gasteiger partial charge in [0.2, 0.25) is 0 Å². The average molecular weight is 287 g/mol. The number of nitrogens with zero attached hydrogens (tertiary/aromatic N) is 5. The second-order valence-electron chi connectivity index (χ2n) is 5.55. The number of aromatic nitrogens is 5. The zero-order valence-corrected chi connectivity index (χ0v) is 11.6. The standard InChI is InChI=1S/C14H17N5O2/c20-13(21)14(6-2-7-14)10-19-12(16-17-18-19)5-4-11-3-1-8-15-9-11/h1,3,8-9H,2,4-7,10H2,(H,20,21). The Hall–Kier alpha value is -2.31. The minimum Gasteiger partial charge on any atom is -0.481 e. The van der Waals surface area contributed by atoms with Gasteiger partial charge in [-0.25, -0.2) is 4.68 Å². The van der Waals surface area contributed by atoms with Gasteiger partial charge in [0.05, 0.1) is 12.0 Å². The first-order chi connectivity index (χ1) is 10.2. The maximum atomic E-state index is 11.4. The van der Waals surface area contributed by atoms with E-state index in [4.69, 9.17) is 0 Å². The van der Waals surface area contributed by atoms with Gasteiger partial charge in [-0.15, -0.1) is 5.10 Å². The van der Waals surface area contributed by atoms with E-state index in [-0.39, 0.29) is 0 Å². The van der Waals surface area contributed by atoms with Crippen LogP contribution in [0.5, 0.6) is 0 Å². The molecule has 1 fully saturated rings. The highest BCUT2D eigenvalue weighted by molar-refractivity contribution is 5.75. The smallest absolute Gasteiger partial charge is 0.311 e. The van der Waals surface area contributed by atoms with E-state index in [9.17, 15) is 9.90 Å². The predicted molar refractivity (Wildman–Crippen MR) is 73.4 cm³/mol. The summed E-state index contributed by atoms with van der Waals surface area (Å²) in [7, 11) is 0. The van der Waals surface area contributed by atoms with Crippen LogP contribution in [0.15, 0.2) is 24.5 Å². The number of hydrogen-bond donors (Lipinski definition) is 1. The molecule has 0 aliphatic heterocycles. The summed E-state index contributed by atoms with van der Waals surface area (Å²) < 4.78 is 1.64. The van der Waals surface area contributed by atoms with Crippen LogP contribution in [0.25, 0.3) is 0 Å². The van der Waals surface area contributed by atoms with E-state index in [0.717, 1.165) is 24.2 Å². The second-order valence-corrected chi connectivity index (χ2v) is 5.55. The number of pyridine rings is 1. The van der Waals surface area contributed by atoms with Gasteiger partial charge in [0.1, 0.15) is 0 Å². The van der Waals surface area contributed by atoms with Gasteiger partial charge < -0.3 is 5.11 Å². The van der Waals surface area contributed by atoms with Crippen molar-refractivity contribution in [1.82, 2.24) is 25.2 Å². The lowest BCUT2D eigenvalue weighted by Crippen LogP contribution is -2.42. The molecular formula is C14H17N5O2. The number of carbonyl (C=O) groups is 1. The third-order valence-electron chi connectivity index (χ3n) is 4.18. The third-order valence-corrected chi connectivity index (χ3v) is 4.18. The normalized spacial score (nSPS) is 16.4. The average Bonchev–Trinajstić information content (AvgIpc) is 2.88. The Morgan fingerprint density at radius 1 is 1.38 bits per heavy atom. The minimum absolute atomic E-state index is 0.359. The summed E-state index contributed by atoms with van der Waals surface area (Å²) in [6, 6.07) is 3.90. The zero-order valence-electron chi connectivity index (χ0n) is 11.6. The highest BCUT2D eigenvalue weighted by atomic mass is 16.4. The molecule has 1 aliphatic carbocycles. The van der Waals surface area contributed by atoms with Crippen LogP contribution >= 0.6 is 0 Å². The van der Waals surface area contributed by atoms with Crippen molar-refractivity contribution >= 4 is 5.97 Å². The fourth-order valence-corrected chi connectivity index (χ4v) is 2.66. The van der Waals surface area contributed by atoms with Crippen LogP contribution in [-0.2, 0) is 24.2 Å². The molecule has 0 spiro atoms. The van der Waals surface area contributed by atoms with Gasteiger partial charge in [0.15, 0.2) is 5.82 Å². The van der Waals surface area contributed by atoms with Crippen molar-refractivity contribution in [2.24, 2.45) is 5.41 Å². The van der Waals surface area contributed by atoms with Gasteiger partial charge in [0.25, 0.3) is 0 Å². The number of tetrazole rings is 1. The largest absolute Gasteiger partial charge is 0.481 e. The lowest BCUT2D eigenvalue weighted by Gasteiger charge is -2.37. The number of hydrogen-bond acceptors (Lipinski definition) is 5. The van der Waals surface area contributed by atoms with E-state index in [1.165, 1.54) is 0 Å². The van der Waals surface area contributed by atoms with E-state index in [2.05, 4.69) is 20.5 Å². The Kier molecular flexibility index (Phi) is 3.64. The van der Waals surface area contributed by atoms with Crippen molar-refractivity contribution < 1.29 is 9.90 Å². The number of carboxylic acid groups (broad SMARTS) is 1. The molecule has 0 bridgehead atoms. The topological polar surface area (TPSA) is 93.8 Å². The summed E-state index contributed by atoms with van der Waals surface area (Å²) in [5, 5.41) is 21.1. The molecule has 2 aromatic rings. The van der Waals surface area contributed by atoms with E-state index < -0.39 is 11.4 Å². The summed E-state index contributed by atoms with van der Waals surface area (Å²) in [5.74, 6) is -0.0196. The first-order valence-electron chi connectivity index (χ1n) is 7.07. The molecule has 1 saturated carbocycles. The maximum Gasteiger partial charge on any atom is 0.311 e. The van der Waals surface area contributed by atoms with Crippen LogP contribution in [0.4, 0.5) is 0 Å². The molecule has 7 nitrogen and oxygen atoms in total. The molecule has 0 amide bonds. The fraction of sp³-hybridized carbons (Fsp3) is 0.500. The molecule has 0 atom stereocenters. The first kappa shape index (κ1) is 13.7. The number of carboxylic acids is 1. The molecule has 21 heavy (non-hydrogen) atoms. The number of aryl methyl sites for hydroxylation is 2. The van der Waals surface area contributed by atoms with Crippen LogP contribution in [-0.4, -0.2) is 36.3 Å². The van der Waals surface area contributed by atoms with Gasteiger partial charge in [-0.05, 0) is 41.3 Å². The first-order valence-corrected chi connectivity index (χ1v) is 7.07. The molecule has 0 unspecified atom stereocenters. The quantitative estimate of drug-likeness (QED) is 0.855. The monoisotopic (exact) mass is 287 g/mol. The van der Waals surface area contributed by atoms with Gasteiger partial charge in [-0.1, -0.05) is 12.5 Å². The minimum atomic E-state index is -0.748. The molecule has 1 N–H and O–H groups in total. The summed E-state index contributed by atoms with van der Waals surface area (Å²) in [4.78, 5) is 15.5. The molecule has 0 saturated heterocycles. The Balaban J connectivity index is 1.68. The Bertz CT molecular complexity index is 621. The molecule has 2 heterocycles. The molecule has 3 rings (SSSR count). The number of rotatable bonds is 6. The Labute approximate surface area is 122 Å². The maximum absolute atomic E-state index is 11.4. The van der Waals surface area contributed by atoms with Crippen LogP contribution in [0, 0.1) is 5.41 Å². The van der Waals surface area contributed by atoms with Gasteiger partial charge >= 0.3 is 5.97 Å². The molecule has 1 aliphatic rings. The zero-order chi connectivity index (χ0) is 14.7. The molecule has 7 heteroatoms. The molecule has 0 radical (unpaired) electrons. The van der Waals surface area contributed by atoms with Crippen LogP contribution < -0.4 is 0 Å². The van der Waals surface area contributed by atoms with Crippen molar-refractivity contribution in [3.63, 3.8) is 0 Å². The Morgan fingerprint density at radius 2 is 2.24 bits per heavy atom. The lowest BCUT2D eigenvalue weighted by atomic mass is 9.69. The summed E-state index contributed by atoms with van der Waals surface area (Å²) in [6.07, 6.45) is 7.37. The fourth-order valence-electron chi connectivity index (χ4n) is 2.66. The van der Waals surface area contributed by atoms with E-state index >= 15 is 0 Å². The van der Waals surface area contributed by atoms with Gasteiger partial charge in [-0.2, -0.15) is 0 Å². The van der Waals surface area contributed by atoms with E-state index in [1.54, 1.807) is 10.9 Å². The predicted octanol–water partition coefficient (Wildman–Crippen LogP) is 1.11. The van der Waals surface area contributed by atoms with Crippen LogP contribution in [0.1, 0.15) is 30.7 Å². The van der Waals surface area contributed by atoms with Gasteiger partial charge in [0, 0.05) is 18.8 Å². The highest BCUT2D eigenvalue weighted by Gasteiger charge is 2.45. The van der Waals surface area contributed by atoms with Crippen molar-refractivity contribution in [2.45, 2.75) is 38.6 Å². The molecule has 110 valence electrons. The van der Waals surface area contributed by atoms with Crippen molar-refractivity contribution in [3.8, 4) is 0 Å². The van der Waals surface area contributed by atoms with Crippen molar-refractivity contribution in [3.05, 3.63) is 35.9 Å². The Morgan fingerprint density at radius 3 is 2.86 bits per heavy atom. The third kappa shape index (κ3) is 2.76. The van der Waals surface area contributed by atoms with Crippen LogP contribution in [0.2, 0.25) is 0 Å². The van der Waals surface area contributed by atoms with Crippen molar-refractivity contribution in [1.29, 1.82) is 0 Å². The molecule has 2 aromatic heterocycles. The van der Waals surface area contributed by atoms with Crippen molar-refractivity contribution in [2.75, 3.05) is 0 Å². The SMILES string of the molecule is O=C(O)C1(Cn2nnnc2CCc2cccnc2)CCC1. The molecular weight excluding hydrogens is 270 g/mol. The second kappa shape index (κ2) is 5.59.